The van der Waals surface area contributed by atoms with Crippen LogP contribution in [0.15, 0.2) is 24.4 Å². The first-order chi connectivity index (χ1) is 10.5. The topological polar surface area (TPSA) is 89.6 Å². The van der Waals surface area contributed by atoms with Crippen LogP contribution in [-0.4, -0.2) is 24.7 Å². The summed E-state index contributed by atoms with van der Waals surface area (Å²) in [5, 5.41) is 15.3. The Labute approximate surface area is 130 Å². The average molecular weight is 318 g/mol. The van der Waals surface area contributed by atoms with Gasteiger partial charge in [0, 0.05) is 30.4 Å². The zero-order chi connectivity index (χ0) is 15.9. The van der Waals surface area contributed by atoms with Gasteiger partial charge in [-0.3, -0.25) is 14.8 Å². The molecule has 7 nitrogen and oxygen atoms in total. The Kier molecular flexibility index (Phi) is 3.42. The molecule has 0 aliphatic heterocycles. The molecule has 0 atom stereocenters. The molecular formula is C14H12ClN5O2. The maximum absolute atomic E-state index is 10.8. The Morgan fingerprint density at radius 3 is 2.91 bits per heavy atom. The summed E-state index contributed by atoms with van der Waals surface area (Å²) in [5.74, 6) is 0.459. The number of fused-ring (bicyclic) bond motifs is 1. The highest BCUT2D eigenvalue weighted by molar-refractivity contribution is 6.50. The Hall–Kier alpha value is -2.67. The maximum atomic E-state index is 10.8. The number of aromatic amines is 1. The molecule has 3 rings (SSSR count). The van der Waals surface area contributed by atoms with Crippen LogP contribution in [0.25, 0.3) is 22.1 Å². The number of imidazole rings is 1. The quantitative estimate of drug-likeness (QED) is 0.593. The number of hydrogen-bond acceptors (Lipinski definition) is 4. The Bertz CT molecular complexity index is 909. The van der Waals surface area contributed by atoms with Crippen LogP contribution in [0.1, 0.15) is 17.1 Å². The first kappa shape index (κ1) is 14.3. The van der Waals surface area contributed by atoms with Crippen LogP contribution in [0.3, 0.4) is 0 Å². The number of nitro benzene ring substituents is 1. The summed E-state index contributed by atoms with van der Waals surface area (Å²) < 4.78 is 1.75. The molecule has 0 spiro atoms. The molecule has 22 heavy (non-hydrogen) atoms. The predicted molar refractivity (Wildman–Crippen MR) is 84.4 cm³/mol. The van der Waals surface area contributed by atoms with Crippen LogP contribution in [0.5, 0.6) is 0 Å². The van der Waals surface area contributed by atoms with Crippen LogP contribution in [0.2, 0.25) is 0 Å². The van der Waals surface area contributed by atoms with Gasteiger partial charge in [-0.25, -0.2) is 4.98 Å². The molecule has 0 saturated heterocycles. The van der Waals surface area contributed by atoms with Crippen LogP contribution in [0, 0.1) is 17.0 Å². The van der Waals surface area contributed by atoms with Crippen LogP contribution >= 0.6 is 11.6 Å². The third-order valence-corrected chi connectivity index (χ3v) is 3.75. The number of nitrogens with zero attached hydrogens (tertiary/aromatic N) is 4. The van der Waals surface area contributed by atoms with Gasteiger partial charge in [-0.1, -0.05) is 11.6 Å². The van der Waals surface area contributed by atoms with Crippen molar-refractivity contribution in [2.75, 3.05) is 0 Å². The molecule has 1 aromatic carbocycles. The van der Waals surface area contributed by atoms with E-state index in [4.69, 9.17) is 11.6 Å². The fourth-order valence-electron chi connectivity index (χ4n) is 2.09. The standard InChI is InChI=1S/C14H12ClN5O2/c1-8-9(7-16-19(8)2)5-11(15)14-17-12-4-3-10(20(21)22)6-13(12)18-14/h3-7H,1-2H3,(H,17,18)/b11-5-. The average Bonchev–Trinajstić information content (AvgIpc) is 3.04. The summed E-state index contributed by atoms with van der Waals surface area (Å²) in [7, 11) is 1.85. The van der Waals surface area contributed by atoms with E-state index in [1.165, 1.54) is 12.1 Å². The minimum atomic E-state index is -0.448. The van der Waals surface area contributed by atoms with Gasteiger partial charge < -0.3 is 4.98 Å². The number of H-pyrrole nitrogens is 1. The zero-order valence-corrected chi connectivity index (χ0v) is 12.6. The second-order valence-corrected chi connectivity index (χ2v) is 5.25. The lowest BCUT2D eigenvalue weighted by molar-refractivity contribution is -0.384. The van der Waals surface area contributed by atoms with Crippen molar-refractivity contribution in [1.82, 2.24) is 19.7 Å². The van der Waals surface area contributed by atoms with E-state index in [0.717, 1.165) is 11.3 Å². The number of aromatic nitrogens is 4. The Morgan fingerprint density at radius 2 is 2.27 bits per heavy atom. The Balaban J connectivity index is 2.02. The molecule has 0 unspecified atom stereocenters. The van der Waals surface area contributed by atoms with Crippen LogP contribution < -0.4 is 0 Å². The van der Waals surface area contributed by atoms with Gasteiger partial charge in [0.25, 0.3) is 5.69 Å². The first-order valence-electron chi connectivity index (χ1n) is 6.46. The molecular weight excluding hydrogens is 306 g/mol. The molecule has 112 valence electrons. The SMILES string of the molecule is Cc1c(/C=C(\Cl)c2nc3ccc([N+](=O)[O-])cc3[nH]2)cnn1C. The number of non-ortho nitro benzene ring substituents is 1. The highest BCUT2D eigenvalue weighted by Crippen LogP contribution is 2.25. The van der Waals surface area contributed by atoms with Gasteiger partial charge in [-0.2, -0.15) is 5.10 Å². The van der Waals surface area contributed by atoms with Gasteiger partial charge in [0.15, 0.2) is 0 Å². The van der Waals surface area contributed by atoms with E-state index in [1.807, 2.05) is 14.0 Å². The summed E-state index contributed by atoms with van der Waals surface area (Å²) in [6.45, 7) is 1.94. The fourth-order valence-corrected chi connectivity index (χ4v) is 2.29. The number of hydrogen-bond donors (Lipinski definition) is 1. The molecule has 0 aliphatic rings. The van der Waals surface area contributed by atoms with Gasteiger partial charge in [-0.05, 0) is 19.1 Å². The number of nitro groups is 1. The van der Waals surface area contributed by atoms with Crippen molar-refractivity contribution < 1.29 is 4.92 Å². The molecule has 8 heteroatoms. The van der Waals surface area contributed by atoms with E-state index >= 15 is 0 Å². The summed E-state index contributed by atoms with van der Waals surface area (Å²) >= 11 is 6.29. The van der Waals surface area contributed by atoms with E-state index in [1.54, 1.807) is 23.0 Å². The van der Waals surface area contributed by atoms with Gasteiger partial charge in [0.05, 0.1) is 27.2 Å². The highest BCUT2D eigenvalue weighted by atomic mass is 35.5. The van der Waals surface area contributed by atoms with Crippen LogP contribution in [-0.2, 0) is 7.05 Å². The highest BCUT2D eigenvalue weighted by Gasteiger charge is 2.12. The van der Waals surface area contributed by atoms with Gasteiger partial charge in [-0.15, -0.1) is 0 Å². The number of benzene rings is 1. The second kappa shape index (κ2) is 5.27. The third-order valence-electron chi connectivity index (χ3n) is 3.46. The van der Waals surface area contributed by atoms with Crippen molar-refractivity contribution >= 4 is 39.4 Å². The van der Waals surface area contributed by atoms with Crippen molar-refractivity contribution in [1.29, 1.82) is 0 Å². The summed E-state index contributed by atoms with van der Waals surface area (Å²) in [4.78, 5) is 17.7. The van der Waals surface area contributed by atoms with E-state index in [0.29, 0.717) is 21.9 Å². The lowest BCUT2D eigenvalue weighted by Gasteiger charge is -1.96. The fraction of sp³-hybridized carbons (Fsp3) is 0.143. The minimum Gasteiger partial charge on any atom is -0.337 e. The molecule has 0 aliphatic carbocycles. The molecule has 0 radical (unpaired) electrons. The molecule has 1 N–H and O–H groups in total. The van der Waals surface area contributed by atoms with Crippen molar-refractivity contribution in [3.05, 3.63) is 51.6 Å². The normalized spacial score (nSPS) is 12.0. The van der Waals surface area contributed by atoms with Crippen LogP contribution in [0.4, 0.5) is 5.69 Å². The van der Waals surface area contributed by atoms with Gasteiger partial charge in [0.2, 0.25) is 0 Å². The van der Waals surface area contributed by atoms with E-state index in [2.05, 4.69) is 15.1 Å². The monoisotopic (exact) mass is 317 g/mol. The lowest BCUT2D eigenvalue weighted by Crippen LogP contribution is -1.92. The van der Waals surface area contributed by atoms with Crippen molar-refractivity contribution in [3.8, 4) is 0 Å². The van der Waals surface area contributed by atoms with E-state index in [-0.39, 0.29) is 5.69 Å². The number of aryl methyl sites for hydroxylation is 1. The molecule has 2 heterocycles. The Morgan fingerprint density at radius 1 is 1.50 bits per heavy atom. The lowest BCUT2D eigenvalue weighted by atomic mass is 10.2. The van der Waals surface area contributed by atoms with Gasteiger partial charge >= 0.3 is 0 Å². The number of rotatable bonds is 3. The number of nitrogens with one attached hydrogen (secondary N) is 1. The van der Waals surface area contributed by atoms with E-state index < -0.39 is 4.92 Å². The molecule has 0 bridgehead atoms. The smallest absolute Gasteiger partial charge is 0.271 e. The molecule has 2 aromatic heterocycles. The summed E-state index contributed by atoms with van der Waals surface area (Å²) in [5.41, 5.74) is 3.06. The summed E-state index contributed by atoms with van der Waals surface area (Å²) in [6.07, 6.45) is 3.47. The van der Waals surface area contributed by atoms with E-state index in [9.17, 15) is 10.1 Å². The largest absolute Gasteiger partial charge is 0.337 e. The molecule has 0 saturated carbocycles. The minimum absolute atomic E-state index is 0.00547. The third kappa shape index (κ3) is 2.46. The zero-order valence-electron chi connectivity index (χ0n) is 11.9. The van der Waals surface area contributed by atoms with Gasteiger partial charge in [0.1, 0.15) is 5.82 Å². The van der Waals surface area contributed by atoms with Crippen molar-refractivity contribution in [2.45, 2.75) is 6.92 Å². The molecule has 3 aromatic rings. The molecule has 0 amide bonds. The number of halogens is 1. The second-order valence-electron chi connectivity index (χ2n) is 4.85. The first-order valence-corrected chi connectivity index (χ1v) is 6.84. The van der Waals surface area contributed by atoms with Crippen molar-refractivity contribution in [3.63, 3.8) is 0 Å². The summed E-state index contributed by atoms with van der Waals surface area (Å²) in [6, 6.07) is 4.44. The molecule has 0 fully saturated rings. The maximum Gasteiger partial charge on any atom is 0.271 e. The van der Waals surface area contributed by atoms with Crippen molar-refractivity contribution in [2.24, 2.45) is 7.05 Å². The predicted octanol–water partition coefficient (Wildman–Crippen LogP) is 3.25.